The van der Waals surface area contributed by atoms with Gasteiger partial charge in [-0.25, -0.2) is 4.98 Å². The molecule has 1 fully saturated rings. The molecule has 6 nitrogen and oxygen atoms in total. The van der Waals surface area contributed by atoms with E-state index in [1.54, 1.807) is 23.1 Å². The highest BCUT2D eigenvalue weighted by Crippen LogP contribution is 2.33. The molecule has 0 bridgehead atoms. The van der Waals surface area contributed by atoms with Crippen LogP contribution in [0.2, 0.25) is 5.02 Å². The maximum Gasteiger partial charge on any atom is 0.231 e. The molecule has 1 N–H and O–H groups in total. The van der Waals surface area contributed by atoms with E-state index < -0.39 is 5.92 Å². The summed E-state index contributed by atoms with van der Waals surface area (Å²) < 4.78 is 5.87. The first-order valence-electron chi connectivity index (χ1n) is 11.6. The Morgan fingerprint density at radius 3 is 2.64 bits per heavy atom. The molecule has 1 saturated heterocycles. The zero-order chi connectivity index (χ0) is 25.1. The van der Waals surface area contributed by atoms with Gasteiger partial charge in [-0.05, 0) is 55.0 Å². The fraction of sp³-hybridized carbons (Fsp3) is 0.179. The molecule has 4 aromatic rings. The van der Waals surface area contributed by atoms with E-state index in [0.717, 1.165) is 27.4 Å². The molecular formula is C28H24ClN3O3S. The molecule has 5 rings (SSSR count). The van der Waals surface area contributed by atoms with Crippen LogP contribution in [0, 0.1) is 12.8 Å². The Hall–Kier alpha value is -3.68. The van der Waals surface area contributed by atoms with Crippen molar-refractivity contribution in [1.29, 1.82) is 0 Å². The second-order valence-corrected chi connectivity index (χ2v) is 10.2. The van der Waals surface area contributed by atoms with Gasteiger partial charge in [0, 0.05) is 34.1 Å². The van der Waals surface area contributed by atoms with Gasteiger partial charge >= 0.3 is 0 Å². The number of rotatable bonds is 7. The van der Waals surface area contributed by atoms with Crippen molar-refractivity contribution in [2.24, 2.45) is 5.92 Å². The lowest BCUT2D eigenvalue weighted by atomic mass is 10.1. The Morgan fingerprint density at radius 2 is 1.89 bits per heavy atom. The average Bonchev–Trinajstić information content (AvgIpc) is 3.46. The lowest BCUT2D eigenvalue weighted by Crippen LogP contribution is -2.28. The van der Waals surface area contributed by atoms with Gasteiger partial charge in [0.1, 0.15) is 12.4 Å². The highest BCUT2D eigenvalue weighted by atomic mass is 35.5. The second-order valence-electron chi connectivity index (χ2n) is 8.60. The first kappa shape index (κ1) is 24.0. The lowest BCUT2D eigenvalue weighted by Gasteiger charge is -2.16. The molecule has 0 radical (unpaired) electrons. The molecule has 0 aliphatic carbocycles. The molecule has 1 aliphatic heterocycles. The maximum absolute atomic E-state index is 12.9. The molecule has 1 aliphatic rings. The van der Waals surface area contributed by atoms with Crippen LogP contribution in [0.15, 0.2) is 78.9 Å². The van der Waals surface area contributed by atoms with Crippen LogP contribution in [-0.2, 0) is 16.2 Å². The minimum Gasteiger partial charge on any atom is -0.489 e. The molecule has 2 amide bonds. The summed E-state index contributed by atoms with van der Waals surface area (Å²) in [6, 6.07) is 24.9. The third kappa shape index (κ3) is 5.42. The van der Waals surface area contributed by atoms with Crippen molar-refractivity contribution in [1.82, 2.24) is 4.98 Å². The maximum atomic E-state index is 12.9. The number of aryl methyl sites for hydroxylation is 1. The van der Waals surface area contributed by atoms with Crippen LogP contribution >= 0.6 is 22.9 Å². The number of carbonyl (C=O) groups excluding carboxylic acids is 2. The van der Waals surface area contributed by atoms with E-state index >= 15 is 0 Å². The minimum atomic E-state index is -0.454. The number of nitrogens with one attached hydrogen (secondary N) is 1. The number of anilines is 2. The fourth-order valence-corrected chi connectivity index (χ4v) is 5.18. The zero-order valence-electron chi connectivity index (χ0n) is 19.6. The van der Waals surface area contributed by atoms with E-state index in [1.165, 1.54) is 11.3 Å². The van der Waals surface area contributed by atoms with Crippen LogP contribution in [-0.4, -0.2) is 23.3 Å². The van der Waals surface area contributed by atoms with Crippen molar-refractivity contribution in [2.45, 2.75) is 20.0 Å². The molecule has 0 spiro atoms. The largest absolute Gasteiger partial charge is 0.489 e. The molecule has 1 aromatic heterocycles. The summed E-state index contributed by atoms with van der Waals surface area (Å²) in [5.41, 5.74) is 3.57. The van der Waals surface area contributed by atoms with Crippen LogP contribution in [0.1, 0.15) is 16.9 Å². The Balaban J connectivity index is 1.22. The fourth-order valence-electron chi connectivity index (χ4n) is 4.15. The summed E-state index contributed by atoms with van der Waals surface area (Å²) >= 11 is 7.48. The predicted octanol–water partition coefficient (Wildman–Crippen LogP) is 6.34. The molecule has 2 heterocycles. The van der Waals surface area contributed by atoms with Gasteiger partial charge in [0.25, 0.3) is 0 Å². The van der Waals surface area contributed by atoms with Crippen LogP contribution < -0.4 is 15.0 Å². The van der Waals surface area contributed by atoms with Crippen molar-refractivity contribution in [3.05, 3.63) is 94.3 Å². The predicted molar refractivity (Wildman–Crippen MR) is 144 cm³/mol. The van der Waals surface area contributed by atoms with Crippen molar-refractivity contribution < 1.29 is 14.3 Å². The number of aromatic nitrogens is 1. The lowest BCUT2D eigenvalue weighted by molar-refractivity contribution is -0.122. The number of amides is 2. The van der Waals surface area contributed by atoms with E-state index in [1.807, 2.05) is 67.6 Å². The number of hydrogen-bond donors (Lipinski definition) is 1. The molecule has 8 heteroatoms. The molecule has 182 valence electrons. The smallest absolute Gasteiger partial charge is 0.231 e. The Labute approximate surface area is 218 Å². The summed E-state index contributed by atoms with van der Waals surface area (Å²) in [7, 11) is 0. The van der Waals surface area contributed by atoms with E-state index in [0.29, 0.717) is 29.0 Å². The Bertz CT molecular complexity index is 1390. The van der Waals surface area contributed by atoms with Crippen molar-refractivity contribution in [3.8, 4) is 17.0 Å². The quantitative estimate of drug-likeness (QED) is 0.310. The SMILES string of the molecule is Cc1sc(NC(=O)[C@@H]2CC(=O)N(c3cccc(Cl)c3)C2)nc1-c1ccc(OCc2ccccc2)cc1. The number of halogens is 1. The molecule has 0 saturated carbocycles. The second kappa shape index (κ2) is 10.5. The van der Waals surface area contributed by atoms with Crippen LogP contribution in [0.3, 0.4) is 0 Å². The summed E-state index contributed by atoms with van der Waals surface area (Å²) in [5, 5.41) is 3.98. The van der Waals surface area contributed by atoms with Gasteiger partial charge in [-0.3, -0.25) is 9.59 Å². The monoisotopic (exact) mass is 517 g/mol. The summed E-state index contributed by atoms with van der Waals surface area (Å²) in [4.78, 5) is 32.7. The first-order chi connectivity index (χ1) is 17.5. The number of carbonyl (C=O) groups is 2. The van der Waals surface area contributed by atoms with E-state index in [-0.39, 0.29) is 18.2 Å². The topological polar surface area (TPSA) is 71.5 Å². The molecule has 1 atom stereocenters. The molecule has 3 aromatic carbocycles. The molecule has 0 unspecified atom stereocenters. The van der Waals surface area contributed by atoms with E-state index in [4.69, 9.17) is 16.3 Å². The number of thiazole rings is 1. The van der Waals surface area contributed by atoms with Gasteiger partial charge in [0.05, 0.1) is 11.6 Å². The molecular weight excluding hydrogens is 494 g/mol. The van der Waals surface area contributed by atoms with Gasteiger partial charge < -0.3 is 15.0 Å². The summed E-state index contributed by atoms with van der Waals surface area (Å²) in [5.74, 6) is 0.0187. The Kier molecular flexibility index (Phi) is 7.02. The van der Waals surface area contributed by atoms with Crippen LogP contribution in [0.5, 0.6) is 5.75 Å². The number of benzene rings is 3. The standard InChI is InChI=1S/C28H24ClN3O3S/c1-18-26(20-10-12-24(13-11-20)35-17-19-6-3-2-4-7-19)30-28(36-18)31-27(34)21-14-25(33)32(16-21)23-9-5-8-22(29)15-23/h2-13,15,21H,14,16-17H2,1H3,(H,30,31,34)/t21-/m1/s1. The third-order valence-electron chi connectivity index (χ3n) is 6.02. The number of nitrogens with zero attached hydrogens (tertiary/aromatic N) is 2. The highest BCUT2D eigenvalue weighted by molar-refractivity contribution is 7.16. The Morgan fingerprint density at radius 1 is 1.11 bits per heavy atom. The van der Waals surface area contributed by atoms with Crippen LogP contribution in [0.4, 0.5) is 10.8 Å². The summed E-state index contributed by atoms with van der Waals surface area (Å²) in [6.07, 6.45) is 0.153. The minimum absolute atomic E-state index is 0.0944. The third-order valence-corrected chi connectivity index (χ3v) is 7.14. The highest BCUT2D eigenvalue weighted by Gasteiger charge is 2.35. The first-order valence-corrected chi connectivity index (χ1v) is 12.8. The molecule has 36 heavy (non-hydrogen) atoms. The zero-order valence-corrected chi connectivity index (χ0v) is 21.2. The van der Waals surface area contributed by atoms with Gasteiger partial charge in [-0.2, -0.15) is 0 Å². The van der Waals surface area contributed by atoms with Crippen molar-refractivity contribution >= 4 is 45.6 Å². The van der Waals surface area contributed by atoms with Gasteiger partial charge in [-0.15, -0.1) is 11.3 Å². The number of hydrogen-bond acceptors (Lipinski definition) is 5. The van der Waals surface area contributed by atoms with Crippen LogP contribution in [0.25, 0.3) is 11.3 Å². The van der Waals surface area contributed by atoms with Gasteiger partial charge in [-0.1, -0.05) is 48.0 Å². The van der Waals surface area contributed by atoms with Gasteiger partial charge in [0.15, 0.2) is 5.13 Å². The van der Waals surface area contributed by atoms with Crippen molar-refractivity contribution in [2.75, 3.05) is 16.8 Å². The average molecular weight is 518 g/mol. The van der Waals surface area contributed by atoms with Gasteiger partial charge in [0.2, 0.25) is 11.8 Å². The van der Waals surface area contributed by atoms with E-state index in [9.17, 15) is 9.59 Å². The normalized spacial score (nSPS) is 15.2. The summed E-state index contributed by atoms with van der Waals surface area (Å²) in [6.45, 7) is 2.79. The van der Waals surface area contributed by atoms with Crippen molar-refractivity contribution in [3.63, 3.8) is 0 Å². The van der Waals surface area contributed by atoms with E-state index in [2.05, 4.69) is 10.3 Å². The number of ether oxygens (including phenoxy) is 1.